The minimum atomic E-state index is -3.09. The highest BCUT2D eigenvalue weighted by Gasteiger charge is 2.40. The molecule has 2 saturated carbocycles. The largest absolute Gasteiger partial charge is 0.341 e. The normalized spacial score (nSPS) is 32.1. The molecule has 148 valence electrons. The van der Waals surface area contributed by atoms with Gasteiger partial charge < -0.3 is 4.90 Å². The van der Waals surface area contributed by atoms with Crippen molar-refractivity contribution in [2.24, 2.45) is 11.8 Å². The van der Waals surface area contributed by atoms with Crippen LogP contribution in [0.25, 0.3) is 0 Å². The van der Waals surface area contributed by atoms with Crippen molar-refractivity contribution in [2.75, 3.05) is 45.8 Å². The van der Waals surface area contributed by atoms with Crippen LogP contribution in [0.15, 0.2) is 0 Å². The quantitative estimate of drug-likeness (QED) is 0.739. The Morgan fingerprint density at radius 1 is 0.808 bits per heavy atom. The molecule has 2 unspecified atom stereocenters. The van der Waals surface area contributed by atoms with Crippen molar-refractivity contribution < 1.29 is 13.2 Å². The summed E-state index contributed by atoms with van der Waals surface area (Å²) in [5.74, 6) is 1.80. The lowest BCUT2D eigenvalue weighted by molar-refractivity contribution is -0.135. The Labute approximate surface area is 157 Å². The zero-order chi connectivity index (χ0) is 18.1. The third-order valence-corrected chi connectivity index (χ3v) is 9.25. The fourth-order valence-corrected chi connectivity index (χ4v) is 6.93. The molecule has 0 spiro atoms. The summed E-state index contributed by atoms with van der Waals surface area (Å²) in [5.41, 5.74) is 0. The van der Waals surface area contributed by atoms with Crippen molar-refractivity contribution in [3.05, 3.63) is 0 Å². The predicted octanol–water partition coefficient (Wildman–Crippen LogP) is 1.53. The number of hydrogen-bond acceptors (Lipinski definition) is 4. The molecular formula is C19H33N3O3S. The van der Waals surface area contributed by atoms with Gasteiger partial charge in [0, 0.05) is 32.7 Å². The molecule has 4 aliphatic rings. The van der Waals surface area contributed by atoms with Gasteiger partial charge in [-0.15, -0.1) is 0 Å². The van der Waals surface area contributed by atoms with E-state index in [1.165, 1.54) is 32.1 Å². The van der Waals surface area contributed by atoms with E-state index in [2.05, 4.69) is 9.80 Å². The third kappa shape index (κ3) is 4.09. The molecule has 2 saturated heterocycles. The Morgan fingerprint density at radius 3 is 2.35 bits per heavy atom. The van der Waals surface area contributed by atoms with Crippen LogP contribution in [-0.2, 0) is 14.8 Å². The number of rotatable bonds is 4. The van der Waals surface area contributed by atoms with E-state index in [0.717, 1.165) is 44.8 Å². The van der Waals surface area contributed by atoms with E-state index in [9.17, 15) is 13.2 Å². The van der Waals surface area contributed by atoms with E-state index in [-0.39, 0.29) is 11.2 Å². The van der Waals surface area contributed by atoms with Gasteiger partial charge in [0.05, 0.1) is 11.8 Å². The van der Waals surface area contributed by atoms with E-state index >= 15 is 0 Å². The summed E-state index contributed by atoms with van der Waals surface area (Å²) >= 11 is 0. The zero-order valence-electron chi connectivity index (χ0n) is 15.8. The second kappa shape index (κ2) is 7.76. The molecule has 0 N–H and O–H groups in total. The van der Waals surface area contributed by atoms with Crippen LogP contribution in [0.3, 0.4) is 0 Å². The van der Waals surface area contributed by atoms with Crippen molar-refractivity contribution in [3.8, 4) is 0 Å². The van der Waals surface area contributed by atoms with Gasteiger partial charge in [0.2, 0.25) is 15.9 Å². The molecule has 26 heavy (non-hydrogen) atoms. The monoisotopic (exact) mass is 383 g/mol. The van der Waals surface area contributed by atoms with Gasteiger partial charge in [-0.1, -0.05) is 19.3 Å². The highest BCUT2D eigenvalue weighted by molar-refractivity contribution is 7.90. The SMILES string of the molecule is O=C(CN1CCCN(S(=O)(=O)C2CC2)CC1)N1CCC2CCCCC2C1. The number of fused-ring (bicyclic) bond motifs is 1. The van der Waals surface area contributed by atoms with E-state index in [1.54, 1.807) is 4.31 Å². The number of nitrogens with zero attached hydrogens (tertiary/aromatic N) is 3. The Hall–Kier alpha value is -0.660. The summed E-state index contributed by atoms with van der Waals surface area (Å²) in [5, 5.41) is -0.132. The first kappa shape index (κ1) is 18.7. The number of amides is 1. The molecule has 4 fully saturated rings. The van der Waals surface area contributed by atoms with Crippen LogP contribution in [-0.4, -0.2) is 79.5 Å². The number of likely N-dealkylation sites (tertiary alicyclic amines) is 1. The van der Waals surface area contributed by atoms with Crippen molar-refractivity contribution in [2.45, 2.75) is 56.6 Å². The Kier molecular flexibility index (Phi) is 5.58. The number of sulfonamides is 1. The van der Waals surface area contributed by atoms with Gasteiger partial charge in [0.15, 0.2) is 0 Å². The van der Waals surface area contributed by atoms with E-state index in [1.807, 2.05) is 0 Å². The summed E-state index contributed by atoms with van der Waals surface area (Å²) < 4.78 is 26.6. The van der Waals surface area contributed by atoms with Crippen molar-refractivity contribution >= 4 is 15.9 Å². The summed E-state index contributed by atoms with van der Waals surface area (Å²) in [6.07, 6.45) is 8.95. The number of carbonyl (C=O) groups excluding carboxylic acids is 1. The van der Waals surface area contributed by atoms with Crippen LogP contribution < -0.4 is 0 Å². The smallest absolute Gasteiger partial charge is 0.236 e. The lowest BCUT2D eigenvalue weighted by atomic mass is 9.75. The van der Waals surface area contributed by atoms with Gasteiger partial charge in [0.25, 0.3) is 0 Å². The minimum Gasteiger partial charge on any atom is -0.341 e. The number of carbonyl (C=O) groups is 1. The number of hydrogen-bond donors (Lipinski definition) is 0. The molecule has 6 nitrogen and oxygen atoms in total. The van der Waals surface area contributed by atoms with Gasteiger partial charge in [-0.05, 0) is 50.5 Å². The Balaban J connectivity index is 1.28. The first-order valence-corrected chi connectivity index (χ1v) is 12.0. The molecule has 4 rings (SSSR count). The fourth-order valence-electron chi connectivity index (χ4n) is 5.06. The summed E-state index contributed by atoms with van der Waals surface area (Å²) in [4.78, 5) is 17.0. The van der Waals surface area contributed by atoms with Crippen LogP contribution in [0.4, 0.5) is 0 Å². The van der Waals surface area contributed by atoms with Crippen molar-refractivity contribution in [1.29, 1.82) is 0 Å². The maximum absolute atomic E-state index is 12.8. The summed E-state index contributed by atoms with van der Waals surface area (Å²) in [6, 6.07) is 0. The van der Waals surface area contributed by atoms with Gasteiger partial charge in [-0.3, -0.25) is 9.69 Å². The average molecular weight is 384 g/mol. The van der Waals surface area contributed by atoms with Crippen LogP contribution in [0, 0.1) is 11.8 Å². The second-order valence-electron chi connectivity index (χ2n) is 8.71. The molecule has 0 aromatic carbocycles. The minimum absolute atomic E-state index is 0.132. The maximum atomic E-state index is 12.8. The molecule has 0 bridgehead atoms. The van der Waals surface area contributed by atoms with Crippen LogP contribution >= 0.6 is 0 Å². The van der Waals surface area contributed by atoms with Gasteiger partial charge in [-0.2, -0.15) is 0 Å². The topological polar surface area (TPSA) is 60.9 Å². The fraction of sp³-hybridized carbons (Fsp3) is 0.947. The molecular weight excluding hydrogens is 350 g/mol. The number of piperidine rings is 1. The second-order valence-corrected chi connectivity index (χ2v) is 10.9. The van der Waals surface area contributed by atoms with E-state index < -0.39 is 10.0 Å². The molecule has 1 amide bonds. The van der Waals surface area contributed by atoms with Crippen LogP contribution in [0.1, 0.15) is 51.4 Å². The van der Waals surface area contributed by atoms with E-state index in [0.29, 0.717) is 32.1 Å². The molecule has 2 atom stereocenters. The first-order chi connectivity index (χ1) is 12.5. The van der Waals surface area contributed by atoms with Gasteiger partial charge in [0.1, 0.15) is 0 Å². The van der Waals surface area contributed by atoms with Gasteiger partial charge in [-0.25, -0.2) is 12.7 Å². The Bertz CT molecular complexity index is 620. The standard InChI is InChI=1S/C19H33N3O3S/c23-19(21-11-8-16-4-1-2-5-17(16)14-21)15-20-9-3-10-22(13-12-20)26(24,25)18-6-7-18/h16-18H,1-15H2. The first-order valence-electron chi connectivity index (χ1n) is 10.5. The molecule has 0 radical (unpaired) electrons. The molecule has 7 heteroatoms. The molecule has 2 aliphatic carbocycles. The van der Waals surface area contributed by atoms with Crippen molar-refractivity contribution in [3.63, 3.8) is 0 Å². The zero-order valence-corrected chi connectivity index (χ0v) is 16.6. The summed E-state index contributed by atoms with van der Waals surface area (Å²) in [6.45, 7) is 4.96. The Morgan fingerprint density at radius 2 is 1.58 bits per heavy atom. The lowest BCUT2D eigenvalue weighted by Crippen LogP contribution is -2.48. The molecule has 2 aliphatic heterocycles. The highest BCUT2D eigenvalue weighted by Crippen LogP contribution is 2.36. The average Bonchev–Trinajstić information content (AvgIpc) is 3.49. The van der Waals surface area contributed by atoms with Gasteiger partial charge >= 0.3 is 0 Å². The predicted molar refractivity (Wildman–Crippen MR) is 101 cm³/mol. The summed E-state index contributed by atoms with van der Waals surface area (Å²) in [7, 11) is -3.09. The highest BCUT2D eigenvalue weighted by atomic mass is 32.2. The third-order valence-electron chi connectivity index (χ3n) is 6.86. The van der Waals surface area contributed by atoms with Crippen molar-refractivity contribution in [1.82, 2.24) is 14.1 Å². The van der Waals surface area contributed by atoms with Crippen LogP contribution in [0.2, 0.25) is 0 Å². The molecule has 2 heterocycles. The molecule has 0 aromatic heterocycles. The molecule has 0 aromatic rings. The lowest BCUT2D eigenvalue weighted by Gasteiger charge is -2.41. The maximum Gasteiger partial charge on any atom is 0.236 e. The van der Waals surface area contributed by atoms with E-state index in [4.69, 9.17) is 0 Å². The van der Waals surface area contributed by atoms with Crippen LogP contribution in [0.5, 0.6) is 0 Å².